The number of carbonyl (C=O) groups is 1. The SMILES string of the molecule is CCC(C)Oc1ccc(NC(=O)C2(c3ccc([N+](=O)[O-])cc3)CCCCC2)cc1C. The number of hydrogen-bond acceptors (Lipinski definition) is 4. The van der Waals surface area contributed by atoms with Gasteiger partial charge in [-0.05, 0) is 62.4 Å². The zero-order valence-electron chi connectivity index (χ0n) is 17.9. The number of nitro groups is 1. The van der Waals surface area contributed by atoms with Crippen molar-refractivity contribution in [2.45, 2.75) is 70.8 Å². The van der Waals surface area contributed by atoms with Crippen molar-refractivity contribution < 1.29 is 14.5 Å². The number of rotatable bonds is 7. The van der Waals surface area contributed by atoms with E-state index in [1.54, 1.807) is 12.1 Å². The minimum Gasteiger partial charge on any atom is -0.490 e. The first kappa shape index (κ1) is 21.8. The molecule has 0 bridgehead atoms. The molecule has 6 nitrogen and oxygen atoms in total. The summed E-state index contributed by atoms with van der Waals surface area (Å²) in [4.78, 5) is 24.0. The van der Waals surface area contributed by atoms with E-state index in [9.17, 15) is 14.9 Å². The van der Waals surface area contributed by atoms with Crippen molar-refractivity contribution in [1.29, 1.82) is 0 Å². The van der Waals surface area contributed by atoms with Crippen LogP contribution in [-0.2, 0) is 10.2 Å². The van der Waals surface area contributed by atoms with Gasteiger partial charge < -0.3 is 10.1 Å². The Morgan fingerprint density at radius 2 is 1.83 bits per heavy atom. The van der Waals surface area contributed by atoms with Crippen LogP contribution < -0.4 is 10.1 Å². The summed E-state index contributed by atoms with van der Waals surface area (Å²) in [6.07, 6.45) is 5.57. The molecule has 3 rings (SSSR count). The van der Waals surface area contributed by atoms with Crippen molar-refractivity contribution in [3.63, 3.8) is 0 Å². The van der Waals surface area contributed by atoms with Gasteiger partial charge in [-0.1, -0.05) is 38.3 Å². The molecule has 30 heavy (non-hydrogen) atoms. The van der Waals surface area contributed by atoms with Gasteiger partial charge in [-0.3, -0.25) is 14.9 Å². The summed E-state index contributed by atoms with van der Waals surface area (Å²) in [6, 6.07) is 12.1. The van der Waals surface area contributed by atoms with E-state index in [1.165, 1.54) is 12.1 Å². The maximum Gasteiger partial charge on any atom is 0.269 e. The van der Waals surface area contributed by atoms with Crippen LogP contribution in [-0.4, -0.2) is 16.9 Å². The summed E-state index contributed by atoms with van der Waals surface area (Å²) in [5, 5.41) is 14.1. The van der Waals surface area contributed by atoms with Crippen molar-refractivity contribution in [3.05, 3.63) is 63.7 Å². The van der Waals surface area contributed by atoms with E-state index in [2.05, 4.69) is 12.2 Å². The van der Waals surface area contributed by atoms with Crippen LogP contribution in [0.4, 0.5) is 11.4 Å². The lowest BCUT2D eigenvalue weighted by Gasteiger charge is -2.36. The Morgan fingerprint density at radius 3 is 2.40 bits per heavy atom. The number of benzene rings is 2. The topological polar surface area (TPSA) is 81.5 Å². The first-order valence-corrected chi connectivity index (χ1v) is 10.7. The highest BCUT2D eigenvalue weighted by Crippen LogP contribution is 2.41. The number of non-ortho nitro benzene ring substituents is 1. The fourth-order valence-corrected chi connectivity index (χ4v) is 4.11. The van der Waals surface area contributed by atoms with E-state index >= 15 is 0 Å². The third kappa shape index (κ3) is 4.64. The Labute approximate surface area is 177 Å². The van der Waals surface area contributed by atoms with Crippen molar-refractivity contribution >= 4 is 17.3 Å². The molecule has 1 fully saturated rings. The smallest absolute Gasteiger partial charge is 0.269 e. The Kier molecular flexibility index (Phi) is 6.75. The van der Waals surface area contributed by atoms with Gasteiger partial charge in [0.1, 0.15) is 5.75 Å². The fraction of sp³-hybridized carbons (Fsp3) is 0.458. The molecule has 0 heterocycles. The van der Waals surface area contributed by atoms with Gasteiger partial charge in [-0.15, -0.1) is 0 Å². The maximum absolute atomic E-state index is 13.5. The van der Waals surface area contributed by atoms with Crippen LogP contribution in [0.3, 0.4) is 0 Å². The molecule has 0 radical (unpaired) electrons. The molecule has 1 aliphatic rings. The highest BCUT2D eigenvalue weighted by molar-refractivity contribution is 5.99. The summed E-state index contributed by atoms with van der Waals surface area (Å²) >= 11 is 0. The van der Waals surface area contributed by atoms with Gasteiger partial charge in [0.25, 0.3) is 5.69 Å². The lowest BCUT2D eigenvalue weighted by atomic mass is 9.68. The van der Waals surface area contributed by atoms with E-state index < -0.39 is 10.3 Å². The number of hydrogen-bond donors (Lipinski definition) is 1. The minimum atomic E-state index is -0.660. The summed E-state index contributed by atoms with van der Waals surface area (Å²) in [5.74, 6) is 0.774. The molecule has 0 aromatic heterocycles. The number of aryl methyl sites for hydroxylation is 1. The number of carbonyl (C=O) groups excluding carboxylic acids is 1. The zero-order chi connectivity index (χ0) is 21.7. The van der Waals surface area contributed by atoms with Crippen LogP contribution in [0.5, 0.6) is 5.75 Å². The van der Waals surface area contributed by atoms with Gasteiger partial charge in [0.05, 0.1) is 16.4 Å². The molecule has 2 aromatic rings. The molecule has 2 aromatic carbocycles. The van der Waals surface area contributed by atoms with E-state index in [0.717, 1.165) is 61.1 Å². The van der Waals surface area contributed by atoms with E-state index in [-0.39, 0.29) is 17.7 Å². The van der Waals surface area contributed by atoms with E-state index in [4.69, 9.17) is 4.74 Å². The van der Waals surface area contributed by atoms with Gasteiger partial charge in [0, 0.05) is 17.8 Å². The highest BCUT2D eigenvalue weighted by Gasteiger charge is 2.41. The predicted molar refractivity (Wildman–Crippen MR) is 118 cm³/mol. The molecule has 0 saturated heterocycles. The highest BCUT2D eigenvalue weighted by atomic mass is 16.6. The van der Waals surface area contributed by atoms with Crippen molar-refractivity contribution in [2.75, 3.05) is 5.32 Å². The molecule has 1 saturated carbocycles. The quantitative estimate of drug-likeness (QED) is 0.454. The first-order valence-electron chi connectivity index (χ1n) is 10.7. The van der Waals surface area contributed by atoms with Crippen LogP contribution in [0.25, 0.3) is 0 Å². The summed E-state index contributed by atoms with van der Waals surface area (Å²) in [7, 11) is 0. The van der Waals surface area contributed by atoms with Gasteiger partial charge in [-0.25, -0.2) is 0 Å². The maximum atomic E-state index is 13.5. The molecule has 1 unspecified atom stereocenters. The van der Waals surface area contributed by atoms with Gasteiger partial charge in [-0.2, -0.15) is 0 Å². The Bertz CT molecular complexity index is 902. The molecular formula is C24H30N2O4. The Morgan fingerprint density at radius 1 is 1.17 bits per heavy atom. The minimum absolute atomic E-state index is 0.0395. The first-order chi connectivity index (χ1) is 14.4. The zero-order valence-corrected chi connectivity index (χ0v) is 17.9. The largest absolute Gasteiger partial charge is 0.490 e. The number of amides is 1. The third-order valence-corrected chi connectivity index (χ3v) is 6.11. The fourth-order valence-electron chi connectivity index (χ4n) is 4.11. The van der Waals surface area contributed by atoms with Crippen molar-refractivity contribution in [1.82, 2.24) is 0 Å². The average molecular weight is 411 g/mol. The number of nitro benzene ring substituents is 1. The van der Waals surface area contributed by atoms with E-state index in [1.807, 2.05) is 32.0 Å². The lowest BCUT2D eigenvalue weighted by Crippen LogP contribution is -2.42. The molecule has 6 heteroatoms. The second-order valence-corrected chi connectivity index (χ2v) is 8.22. The van der Waals surface area contributed by atoms with Crippen molar-refractivity contribution in [2.24, 2.45) is 0 Å². The van der Waals surface area contributed by atoms with Crippen LogP contribution in [0.15, 0.2) is 42.5 Å². The second-order valence-electron chi connectivity index (χ2n) is 8.22. The number of nitrogens with one attached hydrogen (secondary N) is 1. The molecule has 1 N–H and O–H groups in total. The van der Waals surface area contributed by atoms with Crippen molar-refractivity contribution in [3.8, 4) is 5.75 Å². The number of nitrogens with zero attached hydrogens (tertiary/aromatic N) is 1. The molecule has 160 valence electrons. The van der Waals surface area contributed by atoms with Crippen LogP contribution in [0.1, 0.15) is 63.5 Å². The molecule has 1 amide bonds. The number of ether oxygens (including phenoxy) is 1. The summed E-state index contributed by atoms with van der Waals surface area (Å²) in [6.45, 7) is 6.09. The molecule has 0 aliphatic heterocycles. The van der Waals surface area contributed by atoms with Crippen LogP contribution >= 0.6 is 0 Å². The summed E-state index contributed by atoms with van der Waals surface area (Å²) in [5.41, 5.74) is 1.94. The number of anilines is 1. The van der Waals surface area contributed by atoms with Gasteiger partial charge in [0.2, 0.25) is 5.91 Å². The third-order valence-electron chi connectivity index (χ3n) is 6.11. The van der Waals surface area contributed by atoms with Crippen LogP contribution in [0, 0.1) is 17.0 Å². The van der Waals surface area contributed by atoms with Gasteiger partial charge >= 0.3 is 0 Å². The Balaban J connectivity index is 1.84. The van der Waals surface area contributed by atoms with E-state index in [0.29, 0.717) is 0 Å². The molecule has 1 atom stereocenters. The lowest BCUT2D eigenvalue weighted by molar-refractivity contribution is -0.384. The predicted octanol–water partition coefficient (Wildman–Crippen LogP) is 5.92. The summed E-state index contributed by atoms with van der Waals surface area (Å²) < 4.78 is 5.92. The normalized spacial score (nSPS) is 16.5. The standard InChI is InChI=1S/C24H30N2O4/c1-4-18(3)30-22-13-10-20(16-17(22)2)25-23(27)24(14-6-5-7-15-24)19-8-11-21(12-9-19)26(28)29/h8-13,16,18H,4-7,14-15H2,1-3H3,(H,25,27). The molecule has 1 aliphatic carbocycles. The van der Waals surface area contributed by atoms with Crippen LogP contribution in [0.2, 0.25) is 0 Å². The Hall–Kier alpha value is -2.89. The molecule has 0 spiro atoms. The second kappa shape index (κ2) is 9.28. The van der Waals surface area contributed by atoms with Gasteiger partial charge in [0.15, 0.2) is 0 Å². The average Bonchev–Trinajstić information content (AvgIpc) is 2.76. The monoisotopic (exact) mass is 410 g/mol. The molecular weight excluding hydrogens is 380 g/mol.